The summed E-state index contributed by atoms with van der Waals surface area (Å²) in [5, 5.41) is 19.8. The zero-order valence-corrected chi connectivity index (χ0v) is 19.7. The van der Waals surface area contributed by atoms with Gasteiger partial charge < -0.3 is 5.11 Å². The molecule has 3 heteroatoms. The zero-order valence-electron chi connectivity index (χ0n) is 19.7. The molecule has 0 unspecified atom stereocenters. The van der Waals surface area contributed by atoms with Gasteiger partial charge in [-0.15, -0.1) is 0 Å². The van der Waals surface area contributed by atoms with Crippen molar-refractivity contribution >= 4 is 0 Å². The predicted octanol–water partition coefficient (Wildman–Crippen LogP) is 6.15. The van der Waals surface area contributed by atoms with Gasteiger partial charge in [0.05, 0.1) is 11.2 Å². The number of aromatic nitrogens is 1. The van der Waals surface area contributed by atoms with Crippen LogP contribution in [0.3, 0.4) is 0 Å². The lowest BCUT2D eigenvalue weighted by Crippen LogP contribution is -2.50. The molecule has 0 spiro atoms. The average Bonchev–Trinajstić information content (AvgIpc) is 3.10. The molecule has 0 aliphatic heterocycles. The third-order valence-corrected chi connectivity index (χ3v) is 10.5. The second-order valence-electron chi connectivity index (χ2n) is 12.3. The Hall–Kier alpha value is -1.40. The summed E-state index contributed by atoms with van der Waals surface area (Å²) in [5.41, 5.74) is 1.97. The van der Waals surface area contributed by atoms with Crippen molar-refractivity contribution < 1.29 is 5.11 Å². The number of hydrogen-bond acceptors (Lipinski definition) is 3. The average molecular weight is 421 g/mol. The van der Waals surface area contributed by atoms with E-state index in [9.17, 15) is 10.4 Å². The van der Waals surface area contributed by atoms with Crippen LogP contribution in [0.15, 0.2) is 18.5 Å². The van der Waals surface area contributed by atoms with Gasteiger partial charge in [-0.3, -0.25) is 4.98 Å². The number of hydrogen-bond donors (Lipinski definition) is 1. The Labute approximate surface area is 188 Å². The maximum Gasteiger partial charge on any atom is 0.101 e. The number of nitriles is 1. The Bertz CT molecular complexity index is 857. The fourth-order valence-corrected chi connectivity index (χ4v) is 9.23. The molecule has 1 aromatic rings. The van der Waals surface area contributed by atoms with Crippen molar-refractivity contribution in [1.29, 1.82) is 5.26 Å². The molecule has 168 valence electrons. The Balaban J connectivity index is 1.30. The van der Waals surface area contributed by atoms with Gasteiger partial charge in [0.1, 0.15) is 6.07 Å². The first-order chi connectivity index (χ1) is 14.8. The van der Waals surface area contributed by atoms with Gasteiger partial charge in [-0.2, -0.15) is 5.26 Å². The van der Waals surface area contributed by atoms with E-state index in [4.69, 9.17) is 0 Å². The highest BCUT2D eigenvalue weighted by atomic mass is 16.3. The highest BCUT2D eigenvalue weighted by Crippen LogP contribution is 2.65. The standard InChI is InChI=1S/C28H40N2O/c1-18(12-19-13-20(15-29)17-30-16-19)25-6-7-26-24-5-4-21-14-27(2,31)10-8-22(21)23(24)9-11-28(25,26)3/h13,16-18,21-26,31H,4-12,14H2,1-3H3/t18-,21+,22-,23+,24+,25+,26-,27+,28+/m0/s1. The lowest BCUT2D eigenvalue weighted by atomic mass is 9.48. The normalized spacial score (nSPS) is 45.1. The van der Waals surface area contributed by atoms with Crippen LogP contribution in [0.4, 0.5) is 0 Å². The summed E-state index contributed by atoms with van der Waals surface area (Å²) in [4.78, 5) is 4.30. The zero-order chi connectivity index (χ0) is 21.8. The van der Waals surface area contributed by atoms with E-state index in [1.165, 1.54) is 50.5 Å². The number of rotatable bonds is 3. The van der Waals surface area contributed by atoms with E-state index in [0.717, 1.165) is 54.8 Å². The molecule has 0 saturated heterocycles. The molecule has 9 atom stereocenters. The molecule has 5 rings (SSSR count). The fourth-order valence-electron chi connectivity index (χ4n) is 9.23. The Morgan fingerprint density at radius 1 is 1.06 bits per heavy atom. The maximum absolute atomic E-state index is 10.6. The van der Waals surface area contributed by atoms with Crippen molar-refractivity contribution in [2.75, 3.05) is 0 Å². The molecule has 0 bridgehead atoms. The molecule has 3 nitrogen and oxygen atoms in total. The highest BCUT2D eigenvalue weighted by molar-refractivity contribution is 5.29. The van der Waals surface area contributed by atoms with Gasteiger partial charge in [0.2, 0.25) is 0 Å². The minimum atomic E-state index is -0.414. The minimum Gasteiger partial charge on any atom is -0.390 e. The fraction of sp³-hybridized carbons (Fsp3) is 0.786. The number of aliphatic hydroxyl groups is 1. The van der Waals surface area contributed by atoms with Crippen molar-refractivity contribution in [3.63, 3.8) is 0 Å². The van der Waals surface area contributed by atoms with Gasteiger partial charge in [-0.05, 0) is 130 Å². The van der Waals surface area contributed by atoms with Crippen LogP contribution in [0.2, 0.25) is 0 Å². The largest absolute Gasteiger partial charge is 0.390 e. The number of nitrogens with zero attached hydrogens (tertiary/aromatic N) is 2. The first kappa shape index (κ1) is 21.4. The maximum atomic E-state index is 10.6. The summed E-state index contributed by atoms with van der Waals surface area (Å²) in [7, 11) is 0. The third-order valence-electron chi connectivity index (χ3n) is 10.5. The monoisotopic (exact) mass is 420 g/mol. The van der Waals surface area contributed by atoms with Crippen LogP contribution in [0.1, 0.15) is 89.7 Å². The van der Waals surface area contributed by atoms with E-state index in [0.29, 0.717) is 16.9 Å². The Kier molecular flexibility index (Phi) is 5.45. The number of fused-ring (bicyclic) bond motifs is 5. The van der Waals surface area contributed by atoms with Crippen molar-refractivity contribution in [3.05, 3.63) is 29.6 Å². The van der Waals surface area contributed by atoms with Gasteiger partial charge >= 0.3 is 0 Å². The van der Waals surface area contributed by atoms with Gasteiger partial charge in [0, 0.05) is 12.4 Å². The quantitative estimate of drug-likeness (QED) is 0.638. The molecule has 4 fully saturated rings. The summed E-state index contributed by atoms with van der Waals surface area (Å²) < 4.78 is 0. The molecule has 1 heterocycles. The van der Waals surface area contributed by atoms with E-state index < -0.39 is 5.60 Å². The topological polar surface area (TPSA) is 56.9 Å². The highest BCUT2D eigenvalue weighted by Gasteiger charge is 2.58. The van der Waals surface area contributed by atoms with Crippen molar-refractivity contribution in [1.82, 2.24) is 4.98 Å². The van der Waals surface area contributed by atoms with Gasteiger partial charge in [-0.25, -0.2) is 0 Å². The van der Waals surface area contributed by atoms with E-state index in [-0.39, 0.29) is 0 Å². The molecule has 1 N–H and O–H groups in total. The smallest absolute Gasteiger partial charge is 0.101 e. The SMILES string of the molecule is C[C@@H](Cc1cncc(C#N)c1)[C@H]1CC[C@H]2[C@@H]3CC[C@@H]4C[C@](C)(O)CC[C@@H]4[C@H]3CC[C@]12C. The summed E-state index contributed by atoms with van der Waals surface area (Å²) >= 11 is 0. The summed E-state index contributed by atoms with van der Waals surface area (Å²) in [6.45, 7) is 7.14. The van der Waals surface area contributed by atoms with Crippen LogP contribution in [-0.4, -0.2) is 15.7 Å². The second kappa shape index (κ2) is 7.87. The predicted molar refractivity (Wildman–Crippen MR) is 123 cm³/mol. The van der Waals surface area contributed by atoms with E-state index >= 15 is 0 Å². The lowest BCUT2D eigenvalue weighted by molar-refractivity contribution is -0.102. The van der Waals surface area contributed by atoms with Crippen molar-refractivity contribution in [2.45, 2.75) is 90.6 Å². The van der Waals surface area contributed by atoms with Crippen LogP contribution in [-0.2, 0) is 6.42 Å². The van der Waals surface area contributed by atoms with E-state index in [2.05, 4.69) is 31.8 Å². The molecule has 0 radical (unpaired) electrons. The van der Waals surface area contributed by atoms with Crippen molar-refractivity contribution in [2.24, 2.45) is 46.8 Å². The van der Waals surface area contributed by atoms with Crippen LogP contribution < -0.4 is 0 Å². The second-order valence-corrected chi connectivity index (χ2v) is 12.3. The van der Waals surface area contributed by atoms with Gasteiger partial charge in [-0.1, -0.05) is 13.8 Å². The number of pyridine rings is 1. The van der Waals surface area contributed by atoms with Gasteiger partial charge in [0.25, 0.3) is 0 Å². The Morgan fingerprint density at radius 3 is 2.68 bits per heavy atom. The van der Waals surface area contributed by atoms with E-state index in [1.807, 2.05) is 12.3 Å². The summed E-state index contributed by atoms with van der Waals surface area (Å²) in [6.07, 6.45) is 16.3. The first-order valence-electron chi connectivity index (χ1n) is 12.9. The van der Waals surface area contributed by atoms with Crippen LogP contribution in [0.25, 0.3) is 0 Å². The Morgan fingerprint density at radius 2 is 1.87 bits per heavy atom. The molecule has 4 saturated carbocycles. The molecular weight excluding hydrogens is 380 g/mol. The summed E-state index contributed by atoms with van der Waals surface area (Å²) in [5.74, 6) is 5.80. The first-order valence-corrected chi connectivity index (χ1v) is 12.9. The molecular formula is C28H40N2O. The lowest BCUT2D eigenvalue weighted by Gasteiger charge is -2.57. The van der Waals surface area contributed by atoms with Crippen LogP contribution in [0.5, 0.6) is 0 Å². The minimum absolute atomic E-state index is 0.414. The molecule has 31 heavy (non-hydrogen) atoms. The molecule has 0 amide bonds. The summed E-state index contributed by atoms with van der Waals surface area (Å²) in [6, 6.07) is 4.28. The van der Waals surface area contributed by atoms with Crippen LogP contribution in [0, 0.1) is 58.2 Å². The molecule has 1 aromatic heterocycles. The molecule has 0 aromatic carbocycles. The van der Waals surface area contributed by atoms with Crippen molar-refractivity contribution in [3.8, 4) is 6.07 Å². The molecule has 4 aliphatic rings. The molecule has 4 aliphatic carbocycles. The van der Waals surface area contributed by atoms with Crippen LogP contribution >= 0.6 is 0 Å². The third kappa shape index (κ3) is 3.74. The van der Waals surface area contributed by atoms with Gasteiger partial charge in [0.15, 0.2) is 0 Å². The van der Waals surface area contributed by atoms with E-state index in [1.54, 1.807) is 6.20 Å².